The topological polar surface area (TPSA) is 25.2 Å². The molecule has 0 bridgehead atoms. The molecule has 0 aromatic carbocycles. The SMILES string of the molecule is Cc1cc2c(n1C1CC1C)CC(C)(C)CC2O. The Morgan fingerprint density at radius 3 is 2.65 bits per heavy atom. The highest BCUT2D eigenvalue weighted by atomic mass is 16.3. The number of rotatable bonds is 1. The van der Waals surface area contributed by atoms with Crippen LogP contribution in [0.1, 0.15) is 62.7 Å². The third kappa shape index (κ3) is 1.74. The zero-order chi connectivity index (χ0) is 12.4. The number of aryl methyl sites for hydroxylation is 1. The van der Waals surface area contributed by atoms with E-state index in [1.807, 2.05) is 0 Å². The molecule has 0 spiro atoms. The fourth-order valence-corrected chi connectivity index (χ4v) is 3.49. The van der Waals surface area contributed by atoms with Gasteiger partial charge in [-0.15, -0.1) is 0 Å². The van der Waals surface area contributed by atoms with Gasteiger partial charge in [-0.25, -0.2) is 0 Å². The van der Waals surface area contributed by atoms with Crippen LogP contribution in [0.2, 0.25) is 0 Å². The number of aliphatic hydroxyl groups is 1. The molecular formula is C15H23NO. The first-order chi connectivity index (χ1) is 7.89. The molecule has 2 aliphatic rings. The summed E-state index contributed by atoms with van der Waals surface area (Å²) in [5, 5.41) is 10.3. The Morgan fingerprint density at radius 2 is 2.06 bits per heavy atom. The Balaban J connectivity index is 2.07. The maximum absolute atomic E-state index is 10.3. The van der Waals surface area contributed by atoms with Gasteiger partial charge in [0.15, 0.2) is 0 Å². The molecule has 3 unspecified atom stereocenters. The standard InChI is InChI=1S/C15H23NO/c1-9-5-12(9)16-10(2)6-11-13(16)7-15(3,4)8-14(11)17/h6,9,12,14,17H,5,7-8H2,1-4H3. The van der Waals surface area contributed by atoms with Crippen LogP contribution >= 0.6 is 0 Å². The van der Waals surface area contributed by atoms with Crippen molar-refractivity contribution in [2.75, 3.05) is 0 Å². The third-order valence-electron chi connectivity index (χ3n) is 4.52. The molecule has 1 aromatic heterocycles. The molecule has 3 rings (SSSR count). The highest BCUT2D eigenvalue weighted by Crippen LogP contribution is 2.49. The summed E-state index contributed by atoms with van der Waals surface area (Å²) in [5.41, 5.74) is 4.16. The maximum atomic E-state index is 10.3. The Kier molecular flexibility index (Phi) is 2.25. The number of hydrogen-bond acceptors (Lipinski definition) is 1. The molecule has 0 amide bonds. The first-order valence-electron chi connectivity index (χ1n) is 6.78. The smallest absolute Gasteiger partial charge is 0.0812 e. The maximum Gasteiger partial charge on any atom is 0.0812 e. The molecule has 0 saturated heterocycles. The van der Waals surface area contributed by atoms with Crippen molar-refractivity contribution in [3.63, 3.8) is 0 Å². The third-order valence-corrected chi connectivity index (χ3v) is 4.52. The van der Waals surface area contributed by atoms with Crippen LogP contribution in [0.5, 0.6) is 0 Å². The van der Waals surface area contributed by atoms with Crippen LogP contribution in [-0.2, 0) is 6.42 Å². The van der Waals surface area contributed by atoms with E-state index in [0.29, 0.717) is 6.04 Å². The molecule has 2 heteroatoms. The summed E-state index contributed by atoms with van der Waals surface area (Å²) in [4.78, 5) is 0. The van der Waals surface area contributed by atoms with Crippen molar-refractivity contribution >= 4 is 0 Å². The lowest BCUT2D eigenvalue weighted by Crippen LogP contribution is -2.26. The van der Waals surface area contributed by atoms with E-state index in [0.717, 1.165) is 18.8 Å². The van der Waals surface area contributed by atoms with Crippen LogP contribution in [0.25, 0.3) is 0 Å². The first-order valence-corrected chi connectivity index (χ1v) is 6.78. The molecule has 17 heavy (non-hydrogen) atoms. The van der Waals surface area contributed by atoms with Gasteiger partial charge >= 0.3 is 0 Å². The normalized spacial score (nSPS) is 34.5. The molecule has 1 fully saturated rings. The second-order valence-electron chi connectivity index (χ2n) is 6.90. The van der Waals surface area contributed by atoms with Gasteiger partial charge in [0, 0.05) is 23.0 Å². The van der Waals surface area contributed by atoms with Gasteiger partial charge in [-0.3, -0.25) is 0 Å². The zero-order valence-electron chi connectivity index (χ0n) is 11.3. The lowest BCUT2D eigenvalue weighted by atomic mass is 9.75. The quantitative estimate of drug-likeness (QED) is 0.790. The monoisotopic (exact) mass is 233 g/mol. The van der Waals surface area contributed by atoms with Crippen molar-refractivity contribution in [3.05, 3.63) is 23.0 Å². The van der Waals surface area contributed by atoms with Crippen molar-refractivity contribution < 1.29 is 5.11 Å². The molecular weight excluding hydrogens is 210 g/mol. The predicted octanol–water partition coefficient (Wildman–Crippen LogP) is 3.38. The summed E-state index contributed by atoms with van der Waals surface area (Å²) in [5.74, 6) is 0.812. The summed E-state index contributed by atoms with van der Waals surface area (Å²) < 4.78 is 2.50. The van der Waals surface area contributed by atoms with Gasteiger partial charge in [-0.2, -0.15) is 0 Å². The summed E-state index contributed by atoms with van der Waals surface area (Å²) >= 11 is 0. The molecule has 0 radical (unpaired) electrons. The predicted molar refractivity (Wildman–Crippen MR) is 69.0 cm³/mol. The van der Waals surface area contributed by atoms with E-state index >= 15 is 0 Å². The fourth-order valence-electron chi connectivity index (χ4n) is 3.49. The average molecular weight is 233 g/mol. The van der Waals surface area contributed by atoms with Gasteiger partial charge in [0.05, 0.1) is 6.10 Å². The van der Waals surface area contributed by atoms with E-state index in [4.69, 9.17) is 0 Å². The van der Waals surface area contributed by atoms with Crippen LogP contribution in [0.3, 0.4) is 0 Å². The molecule has 2 aliphatic carbocycles. The summed E-state index contributed by atoms with van der Waals surface area (Å²) in [6, 6.07) is 2.90. The Hall–Kier alpha value is -0.760. The molecule has 94 valence electrons. The lowest BCUT2D eigenvalue weighted by molar-refractivity contribution is 0.0979. The van der Waals surface area contributed by atoms with Gasteiger partial charge in [0.25, 0.3) is 0 Å². The Bertz CT molecular complexity index is 458. The summed E-state index contributed by atoms with van der Waals surface area (Å²) in [7, 11) is 0. The van der Waals surface area contributed by atoms with Crippen LogP contribution in [0.15, 0.2) is 6.07 Å². The van der Waals surface area contributed by atoms with Crippen molar-refractivity contribution in [1.29, 1.82) is 0 Å². The Morgan fingerprint density at radius 1 is 1.41 bits per heavy atom. The van der Waals surface area contributed by atoms with E-state index in [9.17, 15) is 5.11 Å². The highest BCUT2D eigenvalue weighted by Gasteiger charge is 2.40. The zero-order valence-corrected chi connectivity index (χ0v) is 11.3. The van der Waals surface area contributed by atoms with Gasteiger partial charge in [0.1, 0.15) is 0 Å². The van der Waals surface area contributed by atoms with Crippen molar-refractivity contribution in [2.24, 2.45) is 11.3 Å². The molecule has 0 aliphatic heterocycles. The van der Waals surface area contributed by atoms with Crippen molar-refractivity contribution in [2.45, 2.75) is 59.1 Å². The number of fused-ring (bicyclic) bond motifs is 1. The van der Waals surface area contributed by atoms with Gasteiger partial charge in [-0.05, 0) is 43.6 Å². The van der Waals surface area contributed by atoms with Crippen molar-refractivity contribution in [3.8, 4) is 0 Å². The average Bonchev–Trinajstić information content (AvgIpc) is 2.78. The minimum absolute atomic E-state index is 0.229. The van der Waals surface area contributed by atoms with Crippen LogP contribution in [0, 0.1) is 18.3 Å². The largest absolute Gasteiger partial charge is 0.388 e. The van der Waals surface area contributed by atoms with Gasteiger partial charge in [0.2, 0.25) is 0 Å². The minimum atomic E-state index is -0.261. The number of aliphatic hydroxyl groups excluding tert-OH is 1. The number of hydrogen-bond donors (Lipinski definition) is 1. The number of nitrogens with zero attached hydrogens (tertiary/aromatic N) is 1. The molecule has 1 saturated carbocycles. The molecule has 1 heterocycles. The number of aromatic nitrogens is 1. The highest BCUT2D eigenvalue weighted by molar-refractivity contribution is 5.34. The molecule has 2 nitrogen and oxygen atoms in total. The van der Waals surface area contributed by atoms with Crippen molar-refractivity contribution in [1.82, 2.24) is 4.57 Å². The van der Waals surface area contributed by atoms with Crippen LogP contribution < -0.4 is 0 Å². The van der Waals surface area contributed by atoms with Crippen LogP contribution in [0.4, 0.5) is 0 Å². The van der Waals surface area contributed by atoms with E-state index in [-0.39, 0.29) is 11.5 Å². The van der Waals surface area contributed by atoms with Crippen LogP contribution in [-0.4, -0.2) is 9.67 Å². The van der Waals surface area contributed by atoms with E-state index in [1.165, 1.54) is 23.4 Å². The first kappa shape index (κ1) is 11.3. The van der Waals surface area contributed by atoms with E-state index in [2.05, 4.69) is 38.3 Å². The summed E-state index contributed by atoms with van der Waals surface area (Å²) in [6.07, 6.45) is 3.04. The summed E-state index contributed by atoms with van der Waals surface area (Å²) in [6.45, 7) is 9.04. The van der Waals surface area contributed by atoms with Gasteiger partial charge in [-0.1, -0.05) is 20.8 Å². The van der Waals surface area contributed by atoms with E-state index < -0.39 is 0 Å². The molecule has 1 N–H and O–H groups in total. The molecule has 3 atom stereocenters. The molecule has 1 aromatic rings. The second-order valence-corrected chi connectivity index (χ2v) is 6.90. The fraction of sp³-hybridized carbons (Fsp3) is 0.733. The lowest BCUT2D eigenvalue weighted by Gasteiger charge is -2.34. The van der Waals surface area contributed by atoms with E-state index in [1.54, 1.807) is 0 Å². The second kappa shape index (κ2) is 3.38. The minimum Gasteiger partial charge on any atom is -0.388 e. The van der Waals surface area contributed by atoms with Gasteiger partial charge < -0.3 is 9.67 Å². The Labute approximate surface area is 104 Å².